The third-order valence-corrected chi connectivity index (χ3v) is 4.43. The Bertz CT molecular complexity index is 576. The lowest BCUT2D eigenvalue weighted by Crippen LogP contribution is -2.56. The number of benzene rings is 1. The van der Waals surface area contributed by atoms with Gasteiger partial charge in [-0.3, -0.25) is 9.69 Å². The molecule has 1 aromatic carbocycles. The number of halogens is 1. The zero-order valence-corrected chi connectivity index (χ0v) is 15.0. The van der Waals surface area contributed by atoms with Gasteiger partial charge in [-0.25, -0.2) is 4.79 Å². The number of nitrogens with one attached hydrogen (secondary N) is 2. The SMILES string of the molecule is CCN(CC(=O)O)C1CC(NC(=O)NCCOc2ccc(Cl)cc2)C1. The van der Waals surface area contributed by atoms with Crippen molar-refractivity contribution >= 4 is 23.6 Å². The van der Waals surface area contributed by atoms with Gasteiger partial charge >= 0.3 is 12.0 Å². The predicted molar refractivity (Wildman–Crippen MR) is 95.2 cm³/mol. The topological polar surface area (TPSA) is 90.9 Å². The van der Waals surface area contributed by atoms with Crippen molar-refractivity contribution in [2.75, 3.05) is 26.2 Å². The molecule has 1 aliphatic rings. The Labute approximate surface area is 152 Å². The minimum Gasteiger partial charge on any atom is -0.492 e. The molecule has 1 aromatic rings. The summed E-state index contributed by atoms with van der Waals surface area (Å²) in [6.07, 6.45) is 1.55. The van der Waals surface area contributed by atoms with E-state index < -0.39 is 5.97 Å². The number of carbonyl (C=O) groups is 2. The number of amides is 2. The molecule has 7 nitrogen and oxygen atoms in total. The standard InChI is InChI=1S/C17H24ClN3O4/c1-2-21(11-16(22)23)14-9-13(10-14)20-17(24)19-7-8-25-15-5-3-12(18)4-6-15/h3-6,13-14H,2,7-11H2,1H3,(H,22,23)(H2,19,20,24). The van der Waals surface area contributed by atoms with E-state index in [1.54, 1.807) is 24.3 Å². The van der Waals surface area contributed by atoms with Crippen LogP contribution in [0.15, 0.2) is 24.3 Å². The zero-order valence-electron chi connectivity index (χ0n) is 14.2. The number of carboxylic acid groups (broad SMARTS) is 1. The number of hydrogen-bond donors (Lipinski definition) is 3. The van der Waals surface area contributed by atoms with Crippen LogP contribution in [0.5, 0.6) is 5.75 Å². The van der Waals surface area contributed by atoms with Crippen molar-refractivity contribution < 1.29 is 19.4 Å². The molecule has 0 atom stereocenters. The molecule has 1 aliphatic carbocycles. The molecule has 0 unspecified atom stereocenters. The Morgan fingerprint density at radius 2 is 2.00 bits per heavy atom. The summed E-state index contributed by atoms with van der Waals surface area (Å²) in [5.74, 6) is -0.122. The van der Waals surface area contributed by atoms with Crippen LogP contribution < -0.4 is 15.4 Å². The van der Waals surface area contributed by atoms with E-state index in [0.717, 1.165) is 12.8 Å². The van der Waals surface area contributed by atoms with E-state index in [-0.39, 0.29) is 24.7 Å². The second-order valence-corrected chi connectivity index (χ2v) is 6.42. The summed E-state index contributed by atoms with van der Waals surface area (Å²) in [6, 6.07) is 7.11. The van der Waals surface area contributed by atoms with Crippen LogP contribution >= 0.6 is 11.6 Å². The number of urea groups is 1. The summed E-state index contributed by atoms with van der Waals surface area (Å²) in [5, 5.41) is 15.2. The third kappa shape index (κ3) is 6.43. The molecule has 1 fully saturated rings. The largest absolute Gasteiger partial charge is 0.492 e. The maximum atomic E-state index is 11.8. The van der Waals surface area contributed by atoms with E-state index in [4.69, 9.17) is 21.4 Å². The number of aliphatic carboxylic acids is 1. The van der Waals surface area contributed by atoms with Crippen molar-refractivity contribution in [1.82, 2.24) is 15.5 Å². The fourth-order valence-electron chi connectivity index (χ4n) is 2.78. The lowest BCUT2D eigenvalue weighted by molar-refractivity contribution is -0.139. The number of carbonyl (C=O) groups excluding carboxylic acids is 1. The summed E-state index contributed by atoms with van der Waals surface area (Å²) in [5.41, 5.74) is 0. The van der Waals surface area contributed by atoms with Crippen LogP contribution in [-0.4, -0.2) is 60.3 Å². The van der Waals surface area contributed by atoms with Gasteiger partial charge in [0.1, 0.15) is 12.4 Å². The highest BCUT2D eigenvalue weighted by Crippen LogP contribution is 2.25. The number of nitrogens with zero attached hydrogens (tertiary/aromatic N) is 1. The highest BCUT2D eigenvalue weighted by Gasteiger charge is 2.34. The molecule has 1 saturated carbocycles. The molecule has 138 valence electrons. The van der Waals surface area contributed by atoms with Crippen molar-refractivity contribution in [3.05, 3.63) is 29.3 Å². The summed E-state index contributed by atoms with van der Waals surface area (Å²) in [7, 11) is 0. The van der Waals surface area contributed by atoms with Crippen LogP contribution in [0.1, 0.15) is 19.8 Å². The molecule has 0 bridgehead atoms. The maximum Gasteiger partial charge on any atom is 0.317 e. The van der Waals surface area contributed by atoms with E-state index in [0.29, 0.717) is 30.5 Å². The van der Waals surface area contributed by atoms with Gasteiger partial charge in [0, 0.05) is 17.1 Å². The van der Waals surface area contributed by atoms with Crippen molar-refractivity contribution in [2.45, 2.75) is 31.8 Å². The molecule has 0 saturated heterocycles. The molecule has 0 aromatic heterocycles. The summed E-state index contributed by atoms with van der Waals surface area (Å²) < 4.78 is 5.49. The Hall–Kier alpha value is -1.99. The van der Waals surface area contributed by atoms with Crippen molar-refractivity contribution in [3.8, 4) is 5.75 Å². The number of rotatable bonds is 9. The van der Waals surface area contributed by atoms with Crippen LogP contribution in [0.3, 0.4) is 0 Å². The fraction of sp³-hybridized carbons (Fsp3) is 0.529. The quantitative estimate of drug-likeness (QED) is 0.579. The number of hydrogen-bond acceptors (Lipinski definition) is 4. The number of ether oxygens (including phenoxy) is 1. The Balaban J connectivity index is 1.57. The molecule has 0 spiro atoms. The molecule has 2 rings (SSSR count). The smallest absolute Gasteiger partial charge is 0.317 e. The molecule has 0 heterocycles. The van der Waals surface area contributed by atoms with Gasteiger partial charge in [-0.15, -0.1) is 0 Å². The van der Waals surface area contributed by atoms with Crippen molar-refractivity contribution in [1.29, 1.82) is 0 Å². The first kappa shape index (κ1) is 19.3. The first-order chi connectivity index (χ1) is 12.0. The fourth-order valence-corrected chi connectivity index (χ4v) is 2.90. The second kappa shape index (κ2) is 9.48. The Kier molecular flexibility index (Phi) is 7.33. The maximum absolute atomic E-state index is 11.8. The first-order valence-electron chi connectivity index (χ1n) is 8.36. The normalized spacial score (nSPS) is 19.2. The van der Waals surface area contributed by atoms with Crippen LogP contribution in [0.4, 0.5) is 4.79 Å². The molecule has 8 heteroatoms. The van der Waals surface area contributed by atoms with Gasteiger partial charge < -0.3 is 20.5 Å². The van der Waals surface area contributed by atoms with E-state index in [1.165, 1.54) is 0 Å². The molecular weight excluding hydrogens is 346 g/mol. The summed E-state index contributed by atoms with van der Waals surface area (Å²) >= 11 is 5.79. The lowest BCUT2D eigenvalue weighted by atomic mass is 9.85. The van der Waals surface area contributed by atoms with Crippen LogP contribution in [0, 0.1) is 0 Å². The second-order valence-electron chi connectivity index (χ2n) is 5.98. The zero-order chi connectivity index (χ0) is 18.2. The van der Waals surface area contributed by atoms with Crippen LogP contribution in [0.25, 0.3) is 0 Å². The molecule has 0 radical (unpaired) electrons. The van der Waals surface area contributed by atoms with E-state index in [1.807, 2.05) is 11.8 Å². The van der Waals surface area contributed by atoms with Crippen LogP contribution in [0.2, 0.25) is 5.02 Å². The number of likely N-dealkylation sites (N-methyl/N-ethyl adjacent to an activating group) is 1. The average molecular weight is 370 g/mol. The minimum atomic E-state index is -0.823. The van der Waals surface area contributed by atoms with E-state index >= 15 is 0 Å². The van der Waals surface area contributed by atoms with Gasteiger partial charge in [0.25, 0.3) is 0 Å². The predicted octanol–water partition coefficient (Wildman–Crippen LogP) is 1.96. The van der Waals surface area contributed by atoms with Gasteiger partial charge in [0.05, 0.1) is 13.1 Å². The minimum absolute atomic E-state index is 0.0438. The van der Waals surface area contributed by atoms with Gasteiger partial charge in [-0.2, -0.15) is 0 Å². The van der Waals surface area contributed by atoms with Crippen molar-refractivity contribution in [3.63, 3.8) is 0 Å². The molecule has 3 N–H and O–H groups in total. The van der Waals surface area contributed by atoms with E-state index in [9.17, 15) is 9.59 Å². The summed E-state index contributed by atoms with van der Waals surface area (Å²) in [6.45, 7) is 3.44. The Morgan fingerprint density at radius 3 is 2.60 bits per heavy atom. The van der Waals surface area contributed by atoms with E-state index in [2.05, 4.69) is 10.6 Å². The molecule has 0 aliphatic heterocycles. The highest BCUT2D eigenvalue weighted by molar-refractivity contribution is 6.30. The number of carboxylic acids is 1. The first-order valence-corrected chi connectivity index (χ1v) is 8.74. The lowest BCUT2D eigenvalue weighted by Gasteiger charge is -2.42. The summed E-state index contributed by atoms with van der Waals surface area (Å²) in [4.78, 5) is 24.5. The molecule has 2 amide bonds. The average Bonchev–Trinajstić information content (AvgIpc) is 2.54. The van der Waals surface area contributed by atoms with Crippen molar-refractivity contribution in [2.24, 2.45) is 0 Å². The highest BCUT2D eigenvalue weighted by atomic mass is 35.5. The third-order valence-electron chi connectivity index (χ3n) is 4.18. The molecular formula is C17H24ClN3O4. The van der Waals surface area contributed by atoms with Gasteiger partial charge in [-0.05, 0) is 43.7 Å². The monoisotopic (exact) mass is 369 g/mol. The van der Waals surface area contributed by atoms with Gasteiger partial charge in [-0.1, -0.05) is 18.5 Å². The molecule has 25 heavy (non-hydrogen) atoms. The van der Waals surface area contributed by atoms with Crippen LogP contribution in [-0.2, 0) is 4.79 Å². The van der Waals surface area contributed by atoms with Gasteiger partial charge in [0.2, 0.25) is 0 Å². The van der Waals surface area contributed by atoms with Gasteiger partial charge in [0.15, 0.2) is 0 Å². The Morgan fingerprint density at radius 1 is 1.32 bits per heavy atom.